The Kier molecular flexibility index (Phi) is 7.83. The van der Waals surface area contributed by atoms with Crippen LogP contribution in [0.25, 0.3) is 6.08 Å². The Bertz CT molecular complexity index is 1130. The highest BCUT2D eigenvalue weighted by Gasteiger charge is 2.19. The average Bonchev–Trinajstić information content (AvgIpc) is 3.06. The third-order valence-corrected chi connectivity index (χ3v) is 5.60. The predicted molar refractivity (Wildman–Crippen MR) is 130 cm³/mol. The molecule has 0 bridgehead atoms. The Labute approximate surface area is 195 Å². The molecular formula is C27H31N3O3. The molecule has 0 saturated heterocycles. The minimum atomic E-state index is -0.903. The Hall–Kier alpha value is -3.67. The fourth-order valence-electron chi connectivity index (χ4n) is 3.55. The van der Waals surface area contributed by atoms with Crippen LogP contribution in [0.1, 0.15) is 53.5 Å². The lowest BCUT2D eigenvalue weighted by Crippen LogP contribution is -2.37. The highest BCUT2D eigenvalue weighted by atomic mass is 16.5. The molecule has 1 N–H and O–H groups in total. The summed E-state index contributed by atoms with van der Waals surface area (Å²) in [5.74, 6) is -0.915. The predicted octanol–water partition coefficient (Wildman–Crippen LogP) is 4.68. The lowest BCUT2D eigenvalue weighted by atomic mass is 10.1. The van der Waals surface area contributed by atoms with Crippen LogP contribution in [-0.4, -0.2) is 27.8 Å². The Morgan fingerprint density at radius 1 is 1.03 bits per heavy atom. The number of amides is 1. The number of nitrogens with one attached hydrogen (secondary N) is 1. The van der Waals surface area contributed by atoms with Gasteiger partial charge in [-0.3, -0.25) is 9.48 Å². The van der Waals surface area contributed by atoms with Gasteiger partial charge in [-0.2, -0.15) is 5.10 Å². The fraction of sp³-hybridized carbons (Fsp3) is 0.296. The number of rotatable bonds is 8. The molecule has 6 heteroatoms. The summed E-state index contributed by atoms with van der Waals surface area (Å²) in [5.41, 5.74) is 6.01. The van der Waals surface area contributed by atoms with Gasteiger partial charge in [-0.25, -0.2) is 4.79 Å². The van der Waals surface area contributed by atoms with E-state index < -0.39 is 12.1 Å². The molecule has 1 aromatic heterocycles. The Morgan fingerprint density at radius 2 is 1.70 bits per heavy atom. The third kappa shape index (κ3) is 6.42. The molecule has 172 valence electrons. The summed E-state index contributed by atoms with van der Waals surface area (Å²) in [6.07, 6.45) is 2.14. The van der Waals surface area contributed by atoms with E-state index in [2.05, 4.69) is 41.6 Å². The van der Waals surface area contributed by atoms with Crippen molar-refractivity contribution in [2.75, 3.05) is 0 Å². The van der Waals surface area contributed by atoms with E-state index in [1.54, 1.807) is 13.0 Å². The van der Waals surface area contributed by atoms with Gasteiger partial charge in [0.2, 0.25) is 0 Å². The molecule has 33 heavy (non-hydrogen) atoms. The van der Waals surface area contributed by atoms with Gasteiger partial charge in [-0.1, -0.05) is 60.2 Å². The lowest BCUT2D eigenvalue weighted by molar-refractivity contribution is -0.150. The van der Waals surface area contributed by atoms with Crippen molar-refractivity contribution in [3.05, 3.63) is 94.3 Å². The van der Waals surface area contributed by atoms with Crippen molar-refractivity contribution in [1.82, 2.24) is 15.1 Å². The van der Waals surface area contributed by atoms with E-state index >= 15 is 0 Å². The molecule has 0 unspecified atom stereocenters. The zero-order chi connectivity index (χ0) is 24.0. The molecule has 0 saturated carbocycles. The fourth-order valence-corrected chi connectivity index (χ4v) is 3.55. The summed E-state index contributed by atoms with van der Waals surface area (Å²) in [4.78, 5) is 24.7. The van der Waals surface area contributed by atoms with Crippen LogP contribution in [0, 0.1) is 20.8 Å². The molecule has 0 aliphatic rings. The van der Waals surface area contributed by atoms with Crippen LogP contribution < -0.4 is 5.32 Å². The quantitative estimate of drug-likeness (QED) is 0.404. The van der Waals surface area contributed by atoms with Gasteiger partial charge >= 0.3 is 5.97 Å². The maximum Gasteiger partial charge on any atom is 0.331 e. The van der Waals surface area contributed by atoms with Gasteiger partial charge in [-0.15, -0.1) is 0 Å². The molecule has 1 amide bonds. The SMILES string of the molecule is Cc1ccc(Cn2nc(C)c(/C=C/C(=O)O[C@@H](C)C(=O)N[C@H](C)c3ccccc3)c2C)cc1. The third-order valence-electron chi connectivity index (χ3n) is 5.60. The molecule has 2 atom stereocenters. The second kappa shape index (κ2) is 10.8. The summed E-state index contributed by atoms with van der Waals surface area (Å²) in [5, 5.41) is 7.48. The standard InChI is InChI=1S/C27H31N3O3/c1-18-11-13-23(14-12-18)17-30-21(4)25(20(3)29-30)15-16-26(31)33-22(5)27(32)28-19(2)24-9-7-6-8-10-24/h6-16,19,22H,17H2,1-5H3,(H,28,32)/b16-15+/t19-,22+/m1/s1. The normalized spacial score (nSPS) is 13.0. The molecule has 3 aromatic rings. The van der Waals surface area contributed by atoms with Gasteiger partial charge < -0.3 is 10.1 Å². The topological polar surface area (TPSA) is 73.2 Å². The average molecular weight is 446 g/mol. The number of esters is 1. The van der Waals surface area contributed by atoms with Crippen molar-refractivity contribution in [2.24, 2.45) is 0 Å². The van der Waals surface area contributed by atoms with Crippen molar-refractivity contribution in [3.8, 4) is 0 Å². The Morgan fingerprint density at radius 3 is 2.36 bits per heavy atom. The summed E-state index contributed by atoms with van der Waals surface area (Å²) in [6.45, 7) is 10.0. The molecule has 2 aromatic carbocycles. The van der Waals surface area contributed by atoms with E-state index in [9.17, 15) is 9.59 Å². The van der Waals surface area contributed by atoms with Gasteiger partial charge in [0.15, 0.2) is 6.10 Å². The summed E-state index contributed by atoms with van der Waals surface area (Å²) < 4.78 is 7.22. The number of nitrogens with zero attached hydrogens (tertiary/aromatic N) is 2. The zero-order valence-electron chi connectivity index (χ0n) is 19.8. The monoisotopic (exact) mass is 445 g/mol. The highest BCUT2D eigenvalue weighted by molar-refractivity contribution is 5.90. The summed E-state index contributed by atoms with van der Waals surface area (Å²) in [6, 6.07) is 17.8. The zero-order valence-corrected chi connectivity index (χ0v) is 19.8. The van der Waals surface area contributed by atoms with Crippen molar-refractivity contribution in [2.45, 2.75) is 53.3 Å². The molecule has 1 heterocycles. The number of ether oxygens (including phenoxy) is 1. The molecule has 0 aliphatic carbocycles. The first-order valence-electron chi connectivity index (χ1n) is 11.1. The molecule has 0 spiro atoms. The Balaban J connectivity index is 1.59. The number of carbonyl (C=O) groups excluding carboxylic acids is 2. The number of aromatic nitrogens is 2. The maximum atomic E-state index is 12.4. The molecule has 3 rings (SSSR count). The second-order valence-corrected chi connectivity index (χ2v) is 8.28. The second-order valence-electron chi connectivity index (χ2n) is 8.28. The van der Waals surface area contributed by atoms with Crippen molar-refractivity contribution < 1.29 is 14.3 Å². The van der Waals surface area contributed by atoms with Crippen molar-refractivity contribution in [1.29, 1.82) is 0 Å². The van der Waals surface area contributed by atoms with Gasteiger partial charge in [0.1, 0.15) is 0 Å². The first-order chi connectivity index (χ1) is 15.7. The molecule has 6 nitrogen and oxygen atoms in total. The molecule has 0 radical (unpaired) electrons. The summed E-state index contributed by atoms with van der Waals surface area (Å²) in [7, 11) is 0. The number of benzene rings is 2. The van der Waals surface area contributed by atoms with E-state index in [1.807, 2.05) is 55.8 Å². The minimum Gasteiger partial charge on any atom is -0.449 e. The summed E-state index contributed by atoms with van der Waals surface area (Å²) >= 11 is 0. The van der Waals surface area contributed by atoms with Crippen LogP contribution in [0.5, 0.6) is 0 Å². The number of hydrogen-bond donors (Lipinski definition) is 1. The van der Waals surface area contributed by atoms with Gasteiger partial charge in [0.25, 0.3) is 5.91 Å². The van der Waals surface area contributed by atoms with Crippen LogP contribution in [0.2, 0.25) is 0 Å². The van der Waals surface area contributed by atoms with Gasteiger partial charge in [0, 0.05) is 17.3 Å². The van der Waals surface area contributed by atoms with Crippen LogP contribution in [-0.2, 0) is 20.9 Å². The van der Waals surface area contributed by atoms with Gasteiger partial charge in [0.05, 0.1) is 18.3 Å². The largest absolute Gasteiger partial charge is 0.449 e. The molecule has 0 fully saturated rings. The smallest absolute Gasteiger partial charge is 0.331 e. The minimum absolute atomic E-state index is 0.180. The van der Waals surface area contributed by atoms with Crippen molar-refractivity contribution in [3.63, 3.8) is 0 Å². The van der Waals surface area contributed by atoms with E-state index in [4.69, 9.17) is 4.74 Å². The number of carbonyl (C=O) groups is 2. The van der Waals surface area contributed by atoms with Gasteiger partial charge in [-0.05, 0) is 51.8 Å². The van der Waals surface area contributed by atoms with E-state index in [1.165, 1.54) is 11.6 Å². The van der Waals surface area contributed by atoms with Crippen LogP contribution >= 0.6 is 0 Å². The van der Waals surface area contributed by atoms with Crippen molar-refractivity contribution >= 4 is 18.0 Å². The number of hydrogen-bond acceptors (Lipinski definition) is 4. The van der Waals surface area contributed by atoms with Crippen LogP contribution in [0.15, 0.2) is 60.7 Å². The lowest BCUT2D eigenvalue weighted by Gasteiger charge is -2.17. The maximum absolute atomic E-state index is 12.4. The number of aryl methyl sites for hydroxylation is 2. The van der Waals surface area contributed by atoms with E-state index in [0.29, 0.717) is 6.54 Å². The van der Waals surface area contributed by atoms with Crippen LogP contribution in [0.4, 0.5) is 0 Å². The first-order valence-corrected chi connectivity index (χ1v) is 11.1. The van der Waals surface area contributed by atoms with E-state index in [-0.39, 0.29) is 11.9 Å². The van der Waals surface area contributed by atoms with Crippen LogP contribution in [0.3, 0.4) is 0 Å². The van der Waals surface area contributed by atoms with E-state index in [0.717, 1.165) is 28.1 Å². The molecular weight excluding hydrogens is 414 g/mol. The highest BCUT2D eigenvalue weighted by Crippen LogP contribution is 2.17. The first kappa shape index (κ1) is 24.0. The molecule has 0 aliphatic heterocycles.